The predicted octanol–water partition coefficient (Wildman–Crippen LogP) is 2.11. The Hall–Kier alpha value is -2.48. The van der Waals surface area contributed by atoms with Gasteiger partial charge >= 0.3 is 5.97 Å². The number of nitrogens with zero attached hydrogens (tertiary/aromatic N) is 2. The van der Waals surface area contributed by atoms with Crippen molar-refractivity contribution in [2.45, 2.75) is 25.7 Å². The first kappa shape index (κ1) is 17.3. The van der Waals surface area contributed by atoms with Gasteiger partial charge in [0.05, 0.1) is 10.3 Å². The summed E-state index contributed by atoms with van der Waals surface area (Å²) >= 11 is 0. The molecule has 2 fully saturated rings. The monoisotopic (exact) mass is 347 g/mol. The Morgan fingerprint density at radius 3 is 2.68 bits per heavy atom. The number of carboxylic acids is 1. The van der Waals surface area contributed by atoms with E-state index in [0.29, 0.717) is 18.8 Å². The molecule has 0 aromatic heterocycles. The summed E-state index contributed by atoms with van der Waals surface area (Å²) in [5.74, 6) is -0.717. The van der Waals surface area contributed by atoms with E-state index in [0.717, 1.165) is 25.8 Å². The number of nitro groups is 1. The maximum Gasteiger partial charge on any atom is 0.311 e. The molecule has 1 aromatic rings. The molecule has 1 aromatic carbocycles. The van der Waals surface area contributed by atoms with Crippen molar-refractivity contribution in [3.8, 4) is 0 Å². The fraction of sp³-hybridized carbons (Fsp3) is 0.529. The molecule has 1 heterocycles. The van der Waals surface area contributed by atoms with Crippen molar-refractivity contribution >= 4 is 23.3 Å². The number of non-ortho nitro benzene ring substituents is 1. The lowest BCUT2D eigenvalue weighted by atomic mass is 9.81. The Balaban J connectivity index is 1.50. The van der Waals surface area contributed by atoms with Crippen molar-refractivity contribution in [3.05, 3.63) is 34.4 Å². The lowest BCUT2D eigenvalue weighted by Gasteiger charge is -2.23. The minimum absolute atomic E-state index is 0.0272. The van der Waals surface area contributed by atoms with E-state index in [1.807, 2.05) is 0 Å². The largest absolute Gasteiger partial charge is 0.481 e. The van der Waals surface area contributed by atoms with Gasteiger partial charge in [0.2, 0.25) is 5.91 Å². The van der Waals surface area contributed by atoms with E-state index in [1.165, 1.54) is 24.3 Å². The molecule has 1 aliphatic carbocycles. The number of hydrogen-bond acceptors (Lipinski definition) is 5. The molecule has 1 saturated heterocycles. The zero-order valence-electron chi connectivity index (χ0n) is 13.8. The Morgan fingerprint density at radius 1 is 1.36 bits per heavy atom. The fourth-order valence-electron chi connectivity index (χ4n) is 4.06. The highest BCUT2D eigenvalue weighted by atomic mass is 16.6. The van der Waals surface area contributed by atoms with Crippen LogP contribution in [0.4, 0.5) is 11.4 Å². The second-order valence-corrected chi connectivity index (χ2v) is 6.89. The van der Waals surface area contributed by atoms with Crippen molar-refractivity contribution in [2.75, 3.05) is 25.0 Å². The van der Waals surface area contributed by atoms with E-state index >= 15 is 0 Å². The predicted molar refractivity (Wildman–Crippen MR) is 90.2 cm³/mol. The van der Waals surface area contributed by atoms with Gasteiger partial charge in [-0.3, -0.25) is 19.7 Å². The third-order valence-electron chi connectivity index (χ3n) is 5.38. The van der Waals surface area contributed by atoms with Crippen molar-refractivity contribution in [1.29, 1.82) is 0 Å². The van der Waals surface area contributed by atoms with Gasteiger partial charge in [-0.1, -0.05) is 6.42 Å². The average Bonchev–Trinajstić information content (AvgIpc) is 3.11. The molecule has 2 atom stereocenters. The number of likely N-dealkylation sites (tertiary alicyclic amines) is 1. The summed E-state index contributed by atoms with van der Waals surface area (Å²) in [7, 11) is 0. The van der Waals surface area contributed by atoms with Gasteiger partial charge in [0.1, 0.15) is 0 Å². The number of rotatable bonds is 6. The first-order valence-electron chi connectivity index (χ1n) is 8.41. The number of carbonyl (C=O) groups is 2. The Kier molecular flexibility index (Phi) is 4.71. The number of amides is 1. The van der Waals surface area contributed by atoms with Gasteiger partial charge in [0, 0.05) is 43.9 Å². The summed E-state index contributed by atoms with van der Waals surface area (Å²) in [6, 6.07) is 5.67. The molecule has 1 amide bonds. The average molecular weight is 347 g/mol. The van der Waals surface area contributed by atoms with E-state index in [4.69, 9.17) is 0 Å². The maximum absolute atomic E-state index is 12.1. The molecule has 0 bridgehead atoms. The Bertz CT molecular complexity index is 690. The van der Waals surface area contributed by atoms with Crippen molar-refractivity contribution in [2.24, 2.45) is 11.3 Å². The molecule has 2 N–H and O–H groups in total. The number of carbonyl (C=O) groups excluding carboxylic acids is 1. The van der Waals surface area contributed by atoms with Gasteiger partial charge in [-0.2, -0.15) is 0 Å². The Morgan fingerprint density at radius 2 is 2.08 bits per heavy atom. The summed E-state index contributed by atoms with van der Waals surface area (Å²) in [5, 5.41) is 22.9. The van der Waals surface area contributed by atoms with Crippen LogP contribution in [0.1, 0.15) is 25.7 Å². The van der Waals surface area contributed by atoms with Crippen LogP contribution in [0.2, 0.25) is 0 Å². The maximum atomic E-state index is 12.1. The first-order chi connectivity index (χ1) is 11.9. The van der Waals surface area contributed by atoms with Crippen molar-refractivity contribution in [1.82, 2.24) is 4.90 Å². The van der Waals surface area contributed by atoms with Gasteiger partial charge in [-0.05, 0) is 30.9 Å². The fourth-order valence-corrected chi connectivity index (χ4v) is 4.06. The summed E-state index contributed by atoms with van der Waals surface area (Å²) < 4.78 is 0. The van der Waals surface area contributed by atoms with Crippen LogP contribution in [-0.4, -0.2) is 46.4 Å². The number of anilines is 1. The SMILES string of the molecule is O=C(CCN1C[C@@H]2CCC[C@@]2(C(=O)O)C1)Nc1ccc([N+](=O)[O-])cc1. The number of benzene rings is 1. The topological polar surface area (TPSA) is 113 Å². The minimum atomic E-state index is -0.715. The van der Waals surface area contributed by atoms with Crippen LogP contribution in [0, 0.1) is 21.4 Å². The van der Waals surface area contributed by atoms with Crippen LogP contribution < -0.4 is 5.32 Å². The number of carboxylic acid groups (broad SMARTS) is 1. The van der Waals surface area contributed by atoms with E-state index in [2.05, 4.69) is 10.2 Å². The minimum Gasteiger partial charge on any atom is -0.481 e. The van der Waals surface area contributed by atoms with Crippen LogP contribution in [0.5, 0.6) is 0 Å². The van der Waals surface area contributed by atoms with E-state index < -0.39 is 16.3 Å². The third-order valence-corrected chi connectivity index (χ3v) is 5.38. The highest BCUT2D eigenvalue weighted by molar-refractivity contribution is 5.90. The lowest BCUT2D eigenvalue weighted by Crippen LogP contribution is -2.36. The van der Waals surface area contributed by atoms with Crippen molar-refractivity contribution < 1.29 is 19.6 Å². The first-order valence-corrected chi connectivity index (χ1v) is 8.41. The molecule has 0 radical (unpaired) electrons. The number of nitro benzene ring substituents is 1. The number of hydrogen-bond donors (Lipinski definition) is 2. The molecule has 8 heteroatoms. The van der Waals surface area contributed by atoms with Gasteiger partial charge in [0.15, 0.2) is 0 Å². The van der Waals surface area contributed by atoms with Crippen LogP contribution in [0.3, 0.4) is 0 Å². The second kappa shape index (κ2) is 6.79. The highest BCUT2D eigenvalue weighted by Gasteiger charge is 2.54. The van der Waals surface area contributed by atoms with Crippen molar-refractivity contribution in [3.63, 3.8) is 0 Å². The zero-order valence-corrected chi connectivity index (χ0v) is 13.8. The van der Waals surface area contributed by atoms with E-state index in [-0.39, 0.29) is 23.9 Å². The molecule has 1 saturated carbocycles. The van der Waals surface area contributed by atoms with Crippen LogP contribution in [0.25, 0.3) is 0 Å². The smallest absolute Gasteiger partial charge is 0.311 e. The Labute approximate surface area is 145 Å². The van der Waals surface area contributed by atoms with Gasteiger partial charge in [-0.25, -0.2) is 0 Å². The molecule has 2 aliphatic rings. The number of fused-ring (bicyclic) bond motifs is 1. The molecule has 3 rings (SSSR count). The normalized spacial score (nSPS) is 25.5. The van der Waals surface area contributed by atoms with E-state index in [9.17, 15) is 24.8 Å². The highest BCUT2D eigenvalue weighted by Crippen LogP contribution is 2.48. The third kappa shape index (κ3) is 3.48. The lowest BCUT2D eigenvalue weighted by molar-refractivity contribution is -0.384. The van der Waals surface area contributed by atoms with Gasteiger partial charge in [0.25, 0.3) is 5.69 Å². The quantitative estimate of drug-likeness (QED) is 0.602. The summed E-state index contributed by atoms with van der Waals surface area (Å²) in [6.45, 7) is 1.76. The standard InChI is InChI=1S/C17H21N3O5/c21-15(18-13-3-5-14(6-4-13)20(24)25)7-9-19-10-12-2-1-8-17(12,11-19)16(22)23/h3-6,12H,1-2,7-11H2,(H,18,21)(H,22,23)/t12-,17+/m0/s1. The van der Waals surface area contributed by atoms with Crippen LogP contribution in [0.15, 0.2) is 24.3 Å². The summed E-state index contributed by atoms with van der Waals surface area (Å²) in [6.07, 6.45) is 2.89. The van der Waals surface area contributed by atoms with Gasteiger partial charge in [-0.15, -0.1) is 0 Å². The molecule has 25 heavy (non-hydrogen) atoms. The summed E-state index contributed by atoms with van der Waals surface area (Å²) in [5.41, 5.74) is -0.147. The molecule has 134 valence electrons. The molecule has 0 spiro atoms. The summed E-state index contributed by atoms with van der Waals surface area (Å²) in [4.78, 5) is 35.9. The zero-order chi connectivity index (χ0) is 18.0. The molecule has 8 nitrogen and oxygen atoms in total. The van der Waals surface area contributed by atoms with E-state index in [1.54, 1.807) is 0 Å². The number of aliphatic carboxylic acids is 1. The van der Waals surface area contributed by atoms with Gasteiger partial charge < -0.3 is 15.3 Å². The molecular formula is C17H21N3O5. The molecular weight excluding hydrogens is 326 g/mol. The molecule has 1 aliphatic heterocycles. The number of nitrogens with one attached hydrogen (secondary N) is 1. The molecule has 0 unspecified atom stereocenters. The van der Waals surface area contributed by atoms with Crippen LogP contribution in [-0.2, 0) is 9.59 Å². The second-order valence-electron chi connectivity index (χ2n) is 6.89. The van der Waals surface area contributed by atoms with Crippen LogP contribution >= 0.6 is 0 Å².